The summed E-state index contributed by atoms with van der Waals surface area (Å²) in [5.41, 5.74) is 1.18. The number of ether oxygens (including phenoxy) is 2. The highest BCUT2D eigenvalue weighted by Crippen LogP contribution is 2.37. The topological polar surface area (TPSA) is 38.7 Å². The molecule has 0 saturated carbocycles. The third kappa shape index (κ3) is 2.00. The molecule has 0 fully saturated rings. The van der Waals surface area contributed by atoms with E-state index >= 15 is 0 Å². The number of benzene rings is 1. The van der Waals surface area contributed by atoms with Gasteiger partial charge >= 0.3 is 0 Å². The smallest absolute Gasteiger partial charge is 0.161 e. The number of hydrogen-bond acceptors (Lipinski definition) is 3. The van der Waals surface area contributed by atoms with E-state index < -0.39 is 5.60 Å². The van der Waals surface area contributed by atoms with Crippen LogP contribution in [0.5, 0.6) is 11.5 Å². The van der Waals surface area contributed by atoms with Crippen LogP contribution in [0.2, 0.25) is 0 Å². The second-order valence-electron chi connectivity index (χ2n) is 4.57. The van der Waals surface area contributed by atoms with Crippen molar-refractivity contribution < 1.29 is 14.6 Å². The van der Waals surface area contributed by atoms with Crippen LogP contribution in [0.3, 0.4) is 0 Å². The van der Waals surface area contributed by atoms with Crippen LogP contribution >= 0.6 is 0 Å². The van der Waals surface area contributed by atoms with Crippen LogP contribution in [-0.2, 0) is 12.0 Å². The first kappa shape index (κ1) is 11.3. The van der Waals surface area contributed by atoms with E-state index in [0.717, 1.165) is 29.0 Å². The minimum Gasteiger partial charge on any atom is -0.486 e. The summed E-state index contributed by atoms with van der Waals surface area (Å²) in [6, 6.07) is 3.87. The van der Waals surface area contributed by atoms with Crippen molar-refractivity contribution in [3.8, 4) is 11.5 Å². The molecule has 3 nitrogen and oxygen atoms in total. The Labute approximate surface area is 96.0 Å². The van der Waals surface area contributed by atoms with E-state index in [1.54, 1.807) is 13.8 Å². The normalized spacial score (nSPS) is 15.0. The first-order valence-corrected chi connectivity index (χ1v) is 5.67. The molecule has 0 amide bonds. The highest BCUT2D eigenvalue weighted by Gasteiger charge is 2.23. The lowest BCUT2D eigenvalue weighted by Gasteiger charge is -2.26. The molecule has 0 aliphatic carbocycles. The molecule has 0 aromatic heterocycles. The highest BCUT2D eigenvalue weighted by molar-refractivity contribution is 5.49. The summed E-state index contributed by atoms with van der Waals surface area (Å²) < 4.78 is 11.0. The fourth-order valence-corrected chi connectivity index (χ4v) is 1.99. The van der Waals surface area contributed by atoms with Gasteiger partial charge in [-0.3, -0.25) is 0 Å². The molecule has 1 aliphatic heterocycles. The van der Waals surface area contributed by atoms with E-state index in [0.29, 0.717) is 13.2 Å². The molecule has 2 rings (SSSR count). The largest absolute Gasteiger partial charge is 0.486 e. The van der Waals surface area contributed by atoms with E-state index in [-0.39, 0.29) is 0 Å². The fraction of sp³-hybridized carbons (Fsp3) is 0.538. The fourth-order valence-electron chi connectivity index (χ4n) is 1.99. The monoisotopic (exact) mass is 222 g/mol. The van der Waals surface area contributed by atoms with Crippen LogP contribution in [0.4, 0.5) is 0 Å². The molecule has 1 N–H and O–H groups in total. The third-order valence-corrected chi connectivity index (χ3v) is 2.81. The third-order valence-electron chi connectivity index (χ3n) is 2.81. The van der Waals surface area contributed by atoms with Crippen molar-refractivity contribution in [2.75, 3.05) is 13.2 Å². The second kappa shape index (κ2) is 3.98. The van der Waals surface area contributed by atoms with Gasteiger partial charge in [0, 0.05) is 0 Å². The van der Waals surface area contributed by atoms with Crippen molar-refractivity contribution >= 4 is 0 Å². The Balaban J connectivity index is 2.52. The summed E-state index contributed by atoms with van der Waals surface area (Å²) in [4.78, 5) is 0. The van der Waals surface area contributed by atoms with Crippen molar-refractivity contribution in [2.45, 2.75) is 32.8 Å². The number of aryl methyl sites for hydroxylation is 1. The van der Waals surface area contributed by atoms with Crippen LogP contribution in [0.15, 0.2) is 12.1 Å². The summed E-state index contributed by atoms with van der Waals surface area (Å²) in [6.07, 6.45) is 0.871. The molecule has 16 heavy (non-hydrogen) atoms. The van der Waals surface area contributed by atoms with Crippen molar-refractivity contribution in [1.82, 2.24) is 0 Å². The van der Waals surface area contributed by atoms with Gasteiger partial charge in [0.25, 0.3) is 0 Å². The molecule has 0 atom stereocenters. The molecule has 0 unspecified atom stereocenters. The summed E-state index contributed by atoms with van der Waals surface area (Å²) in [6.45, 7) is 6.82. The van der Waals surface area contributed by atoms with Gasteiger partial charge in [0.2, 0.25) is 0 Å². The number of fused-ring (bicyclic) bond motifs is 1. The van der Waals surface area contributed by atoms with E-state index in [4.69, 9.17) is 9.47 Å². The van der Waals surface area contributed by atoms with E-state index in [1.165, 1.54) is 0 Å². The predicted octanol–water partition coefficient (Wildman–Crippen LogP) is 2.25. The van der Waals surface area contributed by atoms with Gasteiger partial charge < -0.3 is 14.6 Å². The van der Waals surface area contributed by atoms with Gasteiger partial charge in [0.05, 0.1) is 5.60 Å². The number of rotatable bonds is 2. The summed E-state index contributed by atoms with van der Waals surface area (Å²) >= 11 is 0. The quantitative estimate of drug-likeness (QED) is 0.834. The lowest BCUT2D eigenvalue weighted by atomic mass is 9.91. The van der Waals surface area contributed by atoms with Crippen LogP contribution < -0.4 is 9.47 Å². The number of hydrogen-bond donors (Lipinski definition) is 1. The van der Waals surface area contributed by atoms with Crippen LogP contribution in [0.1, 0.15) is 31.9 Å². The summed E-state index contributed by atoms with van der Waals surface area (Å²) in [7, 11) is 0. The SMILES string of the molecule is CCc1cc2c(cc1C(C)(C)O)OCCO2. The van der Waals surface area contributed by atoms with Gasteiger partial charge in [-0.15, -0.1) is 0 Å². The Morgan fingerprint density at radius 2 is 1.75 bits per heavy atom. The maximum atomic E-state index is 10.1. The summed E-state index contributed by atoms with van der Waals surface area (Å²) in [5, 5.41) is 10.1. The zero-order valence-corrected chi connectivity index (χ0v) is 10.0. The van der Waals surface area contributed by atoms with Gasteiger partial charge in [0.1, 0.15) is 13.2 Å². The average molecular weight is 222 g/mol. The minimum atomic E-state index is -0.846. The first-order chi connectivity index (χ1) is 7.52. The predicted molar refractivity (Wildman–Crippen MR) is 62.1 cm³/mol. The number of aliphatic hydroxyl groups is 1. The standard InChI is InChI=1S/C13H18O3/c1-4-9-7-11-12(16-6-5-15-11)8-10(9)13(2,3)14/h7-8,14H,4-6H2,1-3H3. The molecule has 0 radical (unpaired) electrons. The maximum Gasteiger partial charge on any atom is 0.161 e. The lowest BCUT2D eigenvalue weighted by Crippen LogP contribution is -2.21. The molecule has 1 aromatic carbocycles. The van der Waals surface area contributed by atoms with Gasteiger partial charge in [-0.25, -0.2) is 0 Å². The van der Waals surface area contributed by atoms with Gasteiger partial charge in [-0.1, -0.05) is 6.92 Å². The molecule has 0 spiro atoms. The van der Waals surface area contributed by atoms with E-state index in [2.05, 4.69) is 6.92 Å². The van der Waals surface area contributed by atoms with Crippen LogP contribution in [-0.4, -0.2) is 18.3 Å². The lowest BCUT2D eigenvalue weighted by molar-refractivity contribution is 0.0766. The minimum absolute atomic E-state index is 0.573. The second-order valence-corrected chi connectivity index (χ2v) is 4.57. The Morgan fingerprint density at radius 1 is 1.19 bits per heavy atom. The zero-order chi connectivity index (χ0) is 11.8. The summed E-state index contributed by atoms with van der Waals surface area (Å²) in [5.74, 6) is 1.52. The van der Waals surface area contributed by atoms with Gasteiger partial charge in [-0.05, 0) is 43.5 Å². The molecule has 3 heteroatoms. The molecule has 0 saturated heterocycles. The van der Waals surface area contributed by atoms with E-state index in [1.807, 2.05) is 12.1 Å². The maximum absolute atomic E-state index is 10.1. The molecule has 1 heterocycles. The highest BCUT2D eigenvalue weighted by atomic mass is 16.6. The molecule has 88 valence electrons. The Kier molecular flexibility index (Phi) is 2.80. The molecular weight excluding hydrogens is 204 g/mol. The van der Waals surface area contributed by atoms with Gasteiger partial charge in [0.15, 0.2) is 11.5 Å². The van der Waals surface area contributed by atoms with Crippen molar-refractivity contribution in [1.29, 1.82) is 0 Å². The van der Waals surface area contributed by atoms with Crippen molar-refractivity contribution in [3.05, 3.63) is 23.3 Å². The van der Waals surface area contributed by atoms with Crippen molar-refractivity contribution in [3.63, 3.8) is 0 Å². The molecular formula is C13H18O3. The molecule has 0 bridgehead atoms. The Hall–Kier alpha value is -1.22. The average Bonchev–Trinajstić information content (AvgIpc) is 2.26. The van der Waals surface area contributed by atoms with E-state index in [9.17, 15) is 5.11 Å². The first-order valence-electron chi connectivity index (χ1n) is 5.67. The van der Waals surface area contributed by atoms with Crippen LogP contribution in [0, 0.1) is 0 Å². The molecule has 1 aliphatic rings. The van der Waals surface area contributed by atoms with Crippen LogP contribution in [0.25, 0.3) is 0 Å². The molecule has 1 aromatic rings. The Bertz CT molecular complexity index is 391. The van der Waals surface area contributed by atoms with Gasteiger partial charge in [-0.2, -0.15) is 0 Å². The Morgan fingerprint density at radius 3 is 2.25 bits per heavy atom. The zero-order valence-electron chi connectivity index (χ0n) is 10.0. The van der Waals surface area contributed by atoms with Crippen molar-refractivity contribution in [2.24, 2.45) is 0 Å².